The van der Waals surface area contributed by atoms with Crippen LogP contribution >= 0.6 is 0 Å². The van der Waals surface area contributed by atoms with Crippen LogP contribution in [0.25, 0.3) is 11.1 Å². The van der Waals surface area contributed by atoms with Crippen LogP contribution in [0.5, 0.6) is 0 Å². The number of rotatable bonds is 3. The Bertz CT molecular complexity index is 712. The molecule has 0 radical (unpaired) electrons. The molecule has 2 N–H and O–H groups in total. The van der Waals surface area contributed by atoms with Crippen molar-refractivity contribution in [1.82, 2.24) is 4.90 Å². The van der Waals surface area contributed by atoms with Crippen molar-refractivity contribution in [3.05, 3.63) is 54.4 Å². The number of pyridine rings is 1. The summed E-state index contributed by atoms with van der Waals surface area (Å²) in [4.78, 5) is 2.07. The van der Waals surface area contributed by atoms with Crippen LogP contribution in [0.1, 0.15) is 18.4 Å². The first-order valence-electron chi connectivity index (χ1n) is 7.89. The van der Waals surface area contributed by atoms with Gasteiger partial charge in [-0.25, -0.2) is 4.57 Å². The van der Waals surface area contributed by atoms with Crippen molar-refractivity contribution in [1.29, 1.82) is 0 Å². The normalized spacial score (nSPS) is 15.5. The molecule has 1 aromatic heterocycles. The molecule has 2 aromatic rings. The highest BCUT2D eigenvalue weighted by Gasteiger charge is 2.12. The predicted molar refractivity (Wildman–Crippen MR) is 93.1 cm³/mol. The molecule has 1 fully saturated rings. The lowest BCUT2D eigenvalue weighted by molar-refractivity contribution is -0.671. The molecule has 0 atom stereocenters. The Labute approximate surface area is 136 Å². The number of nitrogens with two attached hydrogens (primary N) is 1. The number of benzene rings is 1. The van der Waals surface area contributed by atoms with E-state index < -0.39 is 0 Å². The molecule has 1 aromatic carbocycles. The highest BCUT2D eigenvalue weighted by Crippen LogP contribution is 2.17. The van der Waals surface area contributed by atoms with Gasteiger partial charge in [0.05, 0.1) is 6.21 Å². The van der Waals surface area contributed by atoms with Crippen molar-refractivity contribution in [2.75, 3.05) is 13.1 Å². The molecule has 5 heteroatoms. The van der Waals surface area contributed by atoms with Gasteiger partial charge in [-0.15, -0.1) is 5.10 Å². The maximum absolute atomic E-state index is 5.92. The predicted octanol–water partition coefficient (Wildman–Crippen LogP) is 1.92. The molecule has 0 spiro atoms. The summed E-state index contributed by atoms with van der Waals surface area (Å²) in [7, 11) is 2.02. The minimum absolute atomic E-state index is 0.507. The number of guanidine groups is 1. The minimum Gasteiger partial charge on any atom is -0.368 e. The Hall–Kier alpha value is -2.69. The van der Waals surface area contributed by atoms with E-state index in [0.29, 0.717) is 5.96 Å². The van der Waals surface area contributed by atoms with Gasteiger partial charge in [-0.2, -0.15) is 5.10 Å². The second-order valence-electron chi connectivity index (χ2n) is 5.78. The van der Waals surface area contributed by atoms with Gasteiger partial charge in [-0.3, -0.25) is 0 Å². The van der Waals surface area contributed by atoms with Crippen LogP contribution < -0.4 is 10.3 Å². The number of nitrogens with zero attached hydrogens (tertiary/aromatic N) is 4. The number of likely N-dealkylation sites (tertiary alicyclic amines) is 1. The van der Waals surface area contributed by atoms with E-state index in [2.05, 4.69) is 39.5 Å². The summed E-state index contributed by atoms with van der Waals surface area (Å²) < 4.78 is 2.04. The fourth-order valence-corrected chi connectivity index (χ4v) is 2.68. The van der Waals surface area contributed by atoms with E-state index in [0.717, 1.165) is 18.7 Å². The molecule has 2 heterocycles. The first-order chi connectivity index (χ1) is 11.2. The number of aromatic nitrogens is 1. The first kappa shape index (κ1) is 15.2. The molecule has 23 heavy (non-hydrogen) atoms. The van der Waals surface area contributed by atoms with Gasteiger partial charge >= 0.3 is 0 Å². The van der Waals surface area contributed by atoms with Gasteiger partial charge in [0.1, 0.15) is 7.05 Å². The van der Waals surface area contributed by atoms with Crippen molar-refractivity contribution >= 4 is 12.2 Å². The van der Waals surface area contributed by atoms with E-state index in [1.807, 2.05) is 36.0 Å². The topological polar surface area (TPSA) is 57.9 Å². The van der Waals surface area contributed by atoms with Crippen molar-refractivity contribution in [3.8, 4) is 11.1 Å². The van der Waals surface area contributed by atoms with E-state index in [4.69, 9.17) is 5.73 Å². The van der Waals surface area contributed by atoms with Crippen LogP contribution in [0, 0.1) is 0 Å². The fourth-order valence-electron chi connectivity index (χ4n) is 2.68. The smallest absolute Gasteiger partial charge is 0.216 e. The Kier molecular flexibility index (Phi) is 4.66. The lowest BCUT2D eigenvalue weighted by Crippen LogP contribution is -2.34. The number of hydrogen-bond donors (Lipinski definition) is 1. The van der Waals surface area contributed by atoms with Gasteiger partial charge in [0.2, 0.25) is 5.96 Å². The molecule has 3 rings (SSSR count). The van der Waals surface area contributed by atoms with Crippen LogP contribution in [-0.2, 0) is 7.05 Å². The summed E-state index contributed by atoms with van der Waals surface area (Å²) in [6.45, 7) is 1.96. The van der Waals surface area contributed by atoms with E-state index >= 15 is 0 Å². The average molecular weight is 308 g/mol. The zero-order valence-corrected chi connectivity index (χ0v) is 13.4. The molecule has 0 saturated carbocycles. The minimum atomic E-state index is 0.507. The molecule has 0 amide bonds. The van der Waals surface area contributed by atoms with Crippen LogP contribution in [0.2, 0.25) is 0 Å². The average Bonchev–Trinajstić information content (AvgIpc) is 3.10. The molecule has 0 aliphatic carbocycles. The second kappa shape index (κ2) is 7.05. The summed E-state index contributed by atoms with van der Waals surface area (Å²) in [6.07, 6.45) is 8.21. The molecule has 118 valence electrons. The molecule has 0 unspecified atom stereocenters. The lowest BCUT2D eigenvalue weighted by atomic mass is 10.1. The van der Waals surface area contributed by atoms with Crippen LogP contribution in [-0.4, -0.2) is 30.2 Å². The van der Waals surface area contributed by atoms with Crippen molar-refractivity contribution < 1.29 is 4.57 Å². The first-order valence-corrected chi connectivity index (χ1v) is 7.89. The van der Waals surface area contributed by atoms with Crippen molar-refractivity contribution in [2.24, 2.45) is 23.0 Å². The highest BCUT2D eigenvalue weighted by molar-refractivity contribution is 5.83. The van der Waals surface area contributed by atoms with E-state index in [1.165, 1.54) is 24.0 Å². The number of hydrogen-bond acceptors (Lipinski definition) is 2. The van der Waals surface area contributed by atoms with Gasteiger partial charge in [0.25, 0.3) is 0 Å². The van der Waals surface area contributed by atoms with Gasteiger partial charge in [0, 0.05) is 24.7 Å². The Balaban J connectivity index is 1.67. The summed E-state index contributed by atoms with van der Waals surface area (Å²) in [5.74, 6) is 0.507. The molecular formula is C18H22N5+. The van der Waals surface area contributed by atoms with Gasteiger partial charge < -0.3 is 10.6 Å². The van der Waals surface area contributed by atoms with Crippen LogP contribution in [0.4, 0.5) is 0 Å². The van der Waals surface area contributed by atoms with Crippen molar-refractivity contribution in [2.45, 2.75) is 12.8 Å². The zero-order valence-electron chi connectivity index (χ0n) is 13.4. The van der Waals surface area contributed by atoms with Gasteiger partial charge in [-0.1, -0.05) is 24.3 Å². The summed E-state index contributed by atoms with van der Waals surface area (Å²) in [5.41, 5.74) is 9.29. The quantitative estimate of drug-likeness (QED) is 0.408. The third kappa shape index (κ3) is 3.94. The monoisotopic (exact) mass is 308 g/mol. The van der Waals surface area contributed by atoms with E-state index in [-0.39, 0.29) is 0 Å². The summed E-state index contributed by atoms with van der Waals surface area (Å²) in [5, 5.41) is 8.17. The standard InChI is InChI=1S/C18H22N5/c1-22-10-4-5-17(14-22)16-8-6-15(7-9-16)13-20-21-18(19)23-11-2-3-12-23/h4-10,13-14H,2-3,11-12H2,1H3,(H2,19,21)/q+1/b20-13-. The highest BCUT2D eigenvalue weighted by atomic mass is 15.3. The van der Waals surface area contributed by atoms with Crippen LogP contribution in [0.3, 0.4) is 0 Å². The Morgan fingerprint density at radius 1 is 1.13 bits per heavy atom. The molecular weight excluding hydrogens is 286 g/mol. The van der Waals surface area contributed by atoms with E-state index in [9.17, 15) is 0 Å². The SMILES string of the molecule is C[n+]1cccc(-c2ccc(/C=N\N=C(N)N3CCCC3)cc2)c1. The Morgan fingerprint density at radius 3 is 2.57 bits per heavy atom. The lowest BCUT2D eigenvalue weighted by Gasteiger charge is -2.13. The molecule has 0 bridgehead atoms. The van der Waals surface area contributed by atoms with Crippen LogP contribution in [0.15, 0.2) is 59.0 Å². The van der Waals surface area contributed by atoms with E-state index in [1.54, 1.807) is 6.21 Å². The maximum Gasteiger partial charge on any atom is 0.216 e. The molecule has 5 nitrogen and oxygen atoms in total. The number of aryl methyl sites for hydroxylation is 1. The molecule has 1 aliphatic rings. The molecule has 1 aliphatic heterocycles. The summed E-state index contributed by atoms with van der Waals surface area (Å²) in [6, 6.07) is 12.4. The summed E-state index contributed by atoms with van der Waals surface area (Å²) >= 11 is 0. The van der Waals surface area contributed by atoms with Gasteiger partial charge in [-0.05, 0) is 30.0 Å². The Morgan fingerprint density at radius 2 is 1.87 bits per heavy atom. The fraction of sp³-hybridized carbons (Fsp3) is 0.278. The second-order valence-corrected chi connectivity index (χ2v) is 5.78. The largest absolute Gasteiger partial charge is 0.368 e. The van der Waals surface area contributed by atoms with Gasteiger partial charge in [0.15, 0.2) is 12.4 Å². The third-order valence-corrected chi connectivity index (χ3v) is 3.98. The zero-order chi connectivity index (χ0) is 16.1. The maximum atomic E-state index is 5.92. The third-order valence-electron chi connectivity index (χ3n) is 3.98. The van der Waals surface area contributed by atoms with Crippen molar-refractivity contribution in [3.63, 3.8) is 0 Å². The molecule has 1 saturated heterocycles.